The van der Waals surface area contributed by atoms with Crippen molar-refractivity contribution in [3.05, 3.63) is 35.4 Å². The number of hydrogen-bond donors (Lipinski definition) is 2. The number of rotatable bonds is 3. The minimum absolute atomic E-state index is 0.196. The summed E-state index contributed by atoms with van der Waals surface area (Å²) in [4.78, 5) is 17.8. The Morgan fingerprint density at radius 1 is 1.29 bits per heavy atom. The number of nitrogens with zero attached hydrogens (tertiary/aromatic N) is 2. The first-order valence-corrected chi connectivity index (χ1v) is 8.27. The molecule has 6 heteroatoms. The minimum Gasteiger partial charge on any atom is -0.444 e. The molecule has 2 N–H and O–H groups in total. The van der Waals surface area contributed by atoms with Crippen LogP contribution in [0.25, 0.3) is 0 Å². The molecule has 1 aliphatic heterocycles. The number of ether oxygens (including phenoxy) is 1. The van der Waals surface area contributed by atoms with E-state index in [1.807, 2.05) is 20.8 Å². The number of amides is 1. The van der Waals surface area contributed by atoms with Gasteiger partial charge in [-0.15, -0.1) is 0 Å². The lowest BCUT2D eigenvalue weighted by Crippen LogP contribution is -2.63. The Morgan fingerprint density at radius 2 is 1.92 bits per heavy atom. The van der Waals surface area contributed by atoms with E-state index in [1.165, 1.54) is 11.1 Å². The first-order chi connectivity index (χ1) is 11.3. The van der Waals surface area contributed by atoms with Gasteiger partial charge >= 0.3 is 6.09 Å². The Bertz CT molecular complexity index is 584. The van der Waals surface area contributed by atoms with Gasteiger partial charge in [-0.2, -0.15) is 0 Å². The number of likely N-dealkylation sites (tertiary alicyclic amines) is 1. The molecule has 1 aromatic rings. The van der Waals surface area contributed by atoms with Crippen LogP contribution in [0.1, 0.15) is 31.9 Å². The number of carbonyl (C=O) groups is 1. The van der Waals surface area contributed by atoms with Crippen LogP contribution in [0.4, 0.5) is 4.79 Å². The number of nitrogens with one attached hydrogen (secondary N) is 2. The molecule has 1 saturated heterocycles. The second kappa shape index (κ2) is 7.55. The molecule has 24 heavy (non-hydrogen) atoms. The third-order valence-corrected chi connectivity index (χ3v) is 3.68. The zero-order valence-corrected chi connectivity index (χ0v) is 15.2. The van der Waals surface area contributed by atoms with Crippen LogP contribution < -0.4 is 10.6 Å². The van der Waals surface area contributed by atoms with Gasteiger partial charge in [0, 0.05) is 26.7 Å². The van der Waals surface area contributed by atoms with Gasteiger partial charge in [0.2, 0.25) is 0 Å². The Labute approximate surface area is 144 Å². The van der Waals surface area contributed by atoms with Crippen molar-refractivity contribution in [2.75, 3.05) is 20.1 Å². The van der Waals surface area contributed by atoms with Crippen LogP contribution >= 0.6 is 0 Å². The molecule has 132 valence electrons. The summed E-state index contributed by atoms with van der Waals surface area (Å²) in [7, 11) is 1.74. The van der Waals surface area contributed by atoms with Crippen molar-refractivity contribution in [1.82, 2.24) is 15.5 Å². The monoisotopic (exact) mass is 332 g/mol. The zero-order valence-electron chi connectivity index (χ0n) is 15.2. The van der Waals surface area contributed by atoms with Crippen molar-refractivity contribution in [2.24, 2.45) is 4.99 Å². The van der Waals surface area contributed by atoms with Crippen molar-refractivity contribution in [2.45, 2.75) is 45.9 Å². The summed E-state index contributed by atoms with van der Waals surface area (Å²) in [5, 5.41) is 6.61. The standard InChI is InChI=1S/C18H28N4O2/c1-13-6-8-14(9-7-13)10-20-16(19-5)21-15-11-22(12-15)17(23)24-18(2,3)4/h6-9,15H,10-12H2,1-5H3,(H2,19,20,21). The molecular formula is C18H28N4O2. The van der Waals surface area contributed by atoms with Gasteiger partial charge in [-0.25, -0.2) is 4.79 Å². The van der Waals surface area contributed by atoms with Crippen LogP contribution in [-0.2, 0) is 11.3 Å². The highest BCUT2D eigenvalue weighted by Crippen LogP contribution is 2.15. The molecule has 0 radical (unpaired) electrons. The lowest BCUT2D eigenvalue weighted by Gasteiger charge is -2.40. The molecule has 0 saturated carbocycles. The van der Waals surface area contributed by atoms with Crippen LogP contribution in [0.2, 0.25) is 0 Å². The van der Waals surface area contributed by atoms with Gasteiger partial charge in [0.25, 0.3) is 0 Å². The summed E-state index contributed by atoms with van der Waals surface area (Å²) in [6.07, 6.45) is -0.261. The topological polar surface area (TPSA) is 66.0 Å². The third-order valence-electron chi connectivity index (χ3n) is 3.68. The quantitative estimate of drug-likeness (QED) is 0.658. The lowest BCUT2D eigenvalue weighted by molar-refractivity contribution is 0.00701. The summed E-state index contributed by atoms with van der Waals surface area (Å²) >= 11 is 0. The smallest absolute Gasteiger partial charge is 0.410 e. The van der Waals surface area contributed by atoms with Crippen molar-refractivity contribution in [1.29, 1.82) is 0 Å². The fraction of sp³-hybridized carbons (Fsp3) is 0.556. The molecule has 6 nitrogen and oxygen atoms in total. The van der Waals surface area contributed by atoms with Gasteiger partial charge < -0.3 is 20.3 Å². The Balaban J connectivity index is 1.73. The summed E-state index contributed by atoms with van der Waals surface area (Å²) < 4.78 is 5.35. The summed E-state index contributed by atoms with van der Waals surface area (Å²) in [6, 6.07) is 8.59. The maximum atomic E-state index is 11.9. The molecule has 0 spiro atoms. The number of carbonyl (C=O) groups excluding carboxylic acids is 1. The average molecular weight is 332 g/mol. The second-order valence-corrected chi connectivity index (χ2v) is 7.14. The fourth-order valence-electron chi connectivity index (χ4n) is 2.33. The van der Waals surface area contributed by atoms with Gasteiger partial charge in [-0.1, -0.05) is 29.8 Å². The highest BCUT2D eigenvalue weighted by atomic mass is 16.6. The van der Waals surface area contributed by atoms with E-state index in [-0.39, 0.29) is 12.1 Å². The Morgan fingerprint density at radius 3 is 2.46 bits per heavy atom. The van der Waals surface area contributed by atoms with E-state index < -0.39 is 5.60 Å². The van der Waals surface area contributed by atoms with Crippen molar-refractivity contribution in [3.63, 3.8) is 0 Å². The molecule has 0 bridgehead atoms. The van der Waals surface area contributed by atoms with Crippen LogP contribution in [0, 0.1) is 6.92 Å². The summed E-state index contributed by atoms with van der Waals surface area (Å²) in [5.41, 5.74) is 1.99. The normalized spacial score (nSPS) is 15.7. The summed E-state index contributed by atoms with van der Waals surface area (Å²) in [6.45, 7) is 9.65. The van der Waals surface area contributed by atoms with Gasteiger partial charge in [0.05, 0.1) is 6.04 Å². The van der Waals surface area contributed by atoms with E-state index >= 15 is 0 Å². The molecule has 1 aliphatic rings. The SMILES string of the molecule is CN=C(NCc1ccc(C)cc1)NC1CN(C(=O)OC(C)(C)C)C1. The molecule has 1 heterocycles. The van der Waals surface area contributed by atoms with Gasteiger partial charge in [0.15, 0.2) is 5.96 Å². The maximum absolute atomic E-state index is 11.9. The van der Waals surface area contributed by atoms with Crippen molar-refractivity contribution in [3.8, 4) is 0 Å². The van der Waals surface area contributed by atoms with E-state index in [9.17, 15) is 4.79 Å². The molecule has 1 amide bonds. The molecule has 2 rings (SSSR count). The molecular weight excluding hydrogens is 304 g/mol. The van der Waals surface area contributed by atoms with Crippen LogP contribution in [0.3, 0.4) is 0 Å². The van der Waals surface area contributed by atoms with Gasteiger partial charge in [0.1, 0.15) is 5.60 Å². The second-order valence-electron chi connectivity index (χ2n) is 7.14. The van der Waals surface area contributed by atoms with Gasteiger partial charge in [-0.3, -0.25) is 4.99 Å². The first-order valence-electron chi connectivity index (χ1n) is 8.27. The predicted octanol–water partition coefficient (Wildman–Crippen LogP) is 2.28. The molecule has 0 unspecified atom stereocenters. The van der Waals surface area contributed by atoms with Crippen LogP contribution in [0.5, 0.6) is 0 Å². The van der Waals surface area contributed by atoms with Crippen molar-refractivity contribution >= 4 is 12.1 Å². The molecule has 1 fully saturated rings. The maximum Gasteiger partial charge on any atom is 0.410 e. The number of aliphatic imine (C=N–C) groups is 1. The van der Waals surface area contributed by atoms with Gasteiger partial charge in [-0.05, 0) is 33.3 Å². The average Bonchev–Trinajstić information content (AvgIpc) is 2.45. The number of hydrogen-bond acceptors (Lipinski definition) is 3. The molecule has 1 aromatic carbocycles. The fourth-order valence-corrected chi connectivity index (χ4v) is 2.33. The zero-order chi connectivity index (χ0) is 17.7. The van der Waals surface area contributed by atoms with E-state index in [1.54, 1.807) is 11.9 Å². The highest BCUT2D eigenvalue weighted by Gasteiger charge is 2.34. The van der Waals surface area contributed by atoms with E-state index in [4.69, 9.17) is 4.74 Å². The van der Waals surface area contributed by atoms with E-state index in [0.717, 1.165) is 5.96 Å². The Kier molecular flexibility index (Phi) is 5.70. The number of aryl methyl sites for hydroxylation is 1. The predicted molar refractivity (Wildman–Crippen MR) is 96.1 cm³/mol. The Hall–Kier alpha value is -2.24. The molecule has 0 aliphatic carbocycles. The lowest BCUT2D eigenvalue weighted by atomic mass is 10.1. The highest BCUT2D eigenvalue weighted by molar-refractivity contribution is 5.80. The van der Waals surface area contributed by atoms with Crippen LogP contribution in [0.15, 0.2) is 29.3 Å². The third kappa shape index (κ3) is 5.44. The largest absolute Gasteiger partial charge is 0.444 e. The first kappa shape index (κ1) is 18.1. The summed E-state index contributed by atoms with van der Waals surface area (Å²) in [5.74, 6) is 0.740. The molecule has 0 atom stereocenters. The number of benzene rings is 1. The molecule has 0 aromatic heterocycles. The van der Waals surface area contributed by atoms with E-state index in [0.29, 0.717) is 19.6 Å². The number of guanidine groups is 1. The van der Waals surface area contributed by atoms with E-state index in [2.05, 4.69) is 46.8 Å². The van der Waals surface area contributed by atoms with Crippen LogP contribution in [-0.4, -0.2) is 48.7 Å². The minimum atomic E-state index is -0.457. The van der Waals surface area contributed by atoms with Crippen molar-refractivity contribution < 1.29 is 9.53 Å².